The van der Waals surface area contributed by atoms with Gasteiger partial charge in [0.05, 0.1) is 6.61 Å². The lowest BCUT2D eigenvalue weighted by Gasteiger charge is -2.31. The van der Waals surface area contributed by atoms with Gasteiger partial charge in [0.15, 0.2) is 0 Å². The number of carbonyl (C=O) groups is 2. The number of sulfonamides is 1. The van der Waals surface area contributed by atoms with Gasteiger partial charge in [0.1, 0.15) is 10.5 Å². The minimum absolute atomic E-state index is 0.0396. The molecule has 0 spiro atoms. The van der Waals surface area contributed by atoms with Crippen molar-refractivity contribution in [1.29, 1.82) is 0 Å². The van der Waals surface area contributed by atoms with Gasteiger partial charge < -0.3 is 19.9 Å². The molecule has 2 aromatic rings. The lowest BCUT2D eigenvalue weighted by molar-refractivity contribution is -0.120. The number of aromatic nitrogens is 1. The molecule has 2 heterocycles. The number of rotatable bonds is 7. The van der Waals surface area contributed by atoms with E-state index >= 15 is 0 Å². The van der Waals surface area contributed by atoms with Crippen LogP contribution in [0.4, 0.5) is 11.4 Å². The van der Waals surface area contributed by atoms with E-state index in [4.69, 9.17) is 4.74 Å². The van der Waals surface area contributed by atoms with Crippen molar-refractivity contribution < 1.29 is 22.7 Å². The topological polar surface area (TPSA) is 112 Å². The number of carbonyl (C=O) groups excluding carboxylic acids is 2. The lowest BCUT2D eigenvalue weighted by atomic mass is 9.97. The van der Waals surface area contributed by atoms with Crippen LogP contribution in [0.3, 0.4) is 0 Å². The molecular formula is C24H34N4O5S. The average Bonchev–Trinajstić information content (AvgIpc) is 3.09. The van der Waals surface area contributed by atoms with Gasteiger partial charge in [-0.25, -0.2) is 13.2 Å². The molecule has 0 radical (unpaired) electrons. The van der Waals surface area contributed by atoms with E-state index in [-0.39, 0.29) is 42.0 Å². The Labute approximate surface area is 201 Å². The van der Waals surface area contributed by atoms with Gasteiger partial charge in [0, 0.05) is 55.9 Å². The highest BCUT2D eigenvalue weighted by molar-refractivity contribution is 7.89. The maximum absolute atomic E-state index is 13.4. The van der Waals surface area contributed by atoms with Gasteiger partial charge in [-0.2, -0.15) is 4.31 Å². The molecule has 9 nitrogen and oxygen atoms in total. The van der Waals surface area contributed by atoms with Crippen molar-refractivity contribution in [1.82, 2.24) is 9.29 Å². The first-order valence-electron chi connectivity index (χ1n) is 11.4. The molecule has 1 amide bonds. The minimum atomic E-state index is -3.93. The van der Waals surface area contributed by atoms with Crippen molar-refractivity contribution in [2.75, 3.05) is 44.0 Å². The second-order valence-corrected chi connectivity index (χ2v) is 10.7. The van der Waals surface area contributed by atoms with E-state index in [0.29, 0.717) is 29.9 Å². The smallest absolute Gasteiger partial charge is 0.341 e. The summed E-state index contributed by atoms with van der Waals surface area (Å²) >= 11 is 0. The second-order valence-electron chi connectivity index (χ2n) is 8.86. The Morgan fingerprint density at radius 2 is 1.79 bits per heavy atom. The van der Waals surface area contributed by atoms with Crippen LogP contribution in [0.25, 0.3) is 0 Å². The van der Waals surface area contributed by atoms with E-state index < -0.39 is 16.0 Å². The molecule has 1 aliphatic rings. The summed E-state index contributed by atoms with van der Waals surface area (Å²) < 4.78 is 33.3. The highest BCUT2D eigenvalue weighted by Crippen LogP contribution is 2.31. The molecule has 1 aliphatic heterocycles. The largest absolute Gasteiger partial charge is 0.462 e. The summed E-state index contributed by atoms with van der Waals surface area (Å²) in [7, 11) is -0.0306. The Morgan fingerprint density at radius 1 is 1.15 bits per heavy atom. The Balaban J connectivity index is 1.72. The third-order valence-corrected chi connectivity index (χ3v) is 8.25. The number of ether oxygens (including phenoxy) is 1. The first-order chi connectivity index (χ1) is 16.0. The molecule has 186 valence electrons. The van der Waals surface area contributed by atoms with Crippen LogP contribution >= 0.6 is 0 Å². The molecule has 0 unspecified atom stereocenters. The Bertz CT molecular complexity index is 1180. The van der Waals surface area contributed by atoms with E-state index in [0.717, 1.165) is 11.3 Å². The van der Waals surface area contributed by atoms with E-state index in [1.54, 1.807) is 20.8 Å². The number of amides is 1. The van der Waals surface area contributed by atoms with Crippen LogP contribution in [0.1, 0.15) is 47.1 Å². The van der Waals surface area contributed by atoms with Gasteiger partial charge in [-0.1, -0.05) is 6.07 Å². The number of benzene rings is 1. The number of hydrogen-bond acceptors (Lipinski definition) is 6. The summed E-state index contributed by atoms with van der Waals surface area (Å²) in [6.45, 7) is 7.52. The normalized spacial score (nSPS) is 15.2. The van der Waals surface area contributed by atoms with Gasteiger partial charge in [-0.3, -0.25) is 4.79 Å². The summed E-state index contributed by atoms with van der Waals surface area (Å²) in [5, 5.41) is 2.97. The van der Waals surface area contributed by atoms with Gasteiger partial charge >= 0.3 is 5.97 Å². The summed E-state index contributed by atoms with van der Waals surface area (Å²) in [6, 6.07) is 5.76. The van der Waals surface area contributed by atoms with Gasteiger partial charge in [-0.05, 0) is 58.2 Å². The van der Waals surface area contributed by atoms with Crippen LogP contribution in [-0.4, -0.2) is 63.4 Å². The molecule has 1 saturated heterocycles. The number of H-pyrrole nitrogens is 1. The predicted molar refractivity (Wildman–Crippen MR) is 132 cm³/mol. The molecule has 1 aromatic heterocycles. The zero-order chi connectivity index (χ0) is 25.2. The number of hydrogen-bond donors (Lipinski definition) is 2. The van der Waals surface area contributed by atoms with Crippen LogP contribution in [0, 0.1) is 26.7 Å². The van der Waals surface area contributed by atoms with Crippen molar-refractivity contribution in [2.24, 2.45) is 5.92 Å². The van der Waals surface area contributed by atoms with Gasteiger partial charge in [0.2, 0.25) is 15.9 Å². The predicted octanol–water partition coefficient (Wildman–Crippen LogP) is 3.22. The zero-order valence-electron chi connectivity index (χ0n) is 20.7. The summed E-state index contributed by atoms with van der Waals surface area (Å²) in [4.78, 5) is 30.2. The van der Waals surface area contributed by atoms with Crippen molar-refractivity contribution in [3.05, 3.63) is 40.7 Å². The molecule has 0 bridgehead atoms. The van der Waals surface area contributed by atoms with Crippen molar-refractivity contribution in [3.63, 3.8) is 0 Å². The van der Waals surface area contributed by atoms with Crippen molar-refractivity contribution in [3.8, 4) is 0 Å². The highest BCUT2D eigenvalue weighted by atomic mass is 32.2. The third kappa shape index (κ3) is 5.12. The SMILES string of the molecule is CCOC(=O)c1c(C)[nH]c(C)c1S(=O)(=O)N1CCC(C(=O)Nc2ccc(C)c(N(C)C)c2)CC1. The monoisotopic (exact) mass is 490 g/mol. The van der Waals surface area contributed by atoms with Crippen LogP contribution in [0.15, 0.2) is 23.1 Å². The van der Waals surface area contributed by atoms with E-state index in [2.05, 4.69) is 10.3 Å². The van der Waals surface area contributed by atoms with Crippen molar-refractivity contribution >= 4 is 33.3 Å². The number of nitrogens with one attached hydrogen (secondary N) is 2. The number of anilines is 2. The molecule has 2 N–H and O–H groups in total. The third-order valence-electron chi connectivity index (χ3n) is 6.18. The first kappa shape index (κ1) is 25.8. The summed E-state index contributed by atoms with van der Waals surface area (Å²) in [6.07, 6.45) is 0.795. The van der Waals surface area contributed by atoms with E-state index in [9.17, 15) is 18.0 Å². The van der Waals surface area contributed by atoms with Crippen molar-refractivity contribution in [2.45, 2.75) is 45.4 Å². The molecule has 0 atom stereocenters. The Hall–Kier alpha value is -2.85. The molecule has 1 aromatic carbocycles. The fraction of sp³-hybridized carbons (Fsp3) is 0.500. The summed E-state index contributed by atoms with van der Waals surface area (Å²) in [5.74, 6) is -1.08. The Morgan fingerprint density at radius 3 is 2.38 bits per heavy atom. The number of aromatic amines is 1. The van der Waals surface area contributed by atoms with Gasteiger partial charge in [0.25, 0.3) is 0 Å². The number of piperidine rings is 1. The standard InChI is InChI=1S/C24H34N4O5S/c1-7-33-24(30)21-16(3)25-17(4)22(21)34(31,32)28-12-10-18(11-13-28)23(29)26-19-9-8-15(2)20(14-19)27(5)6/h8-9,14,18,25H,7,10-13H2,1-6H3,(H,26,29). The molecule has 0 aliphatic carbocycles. The molecule has 3 rings (SSSR count). The lowest BCUT2D eigenvalue weighted by Crippen LogP contribution is -2.41. The molecular weight excluding hydrogens is 456 g/mol. The Kier molecular flexibility index (Phi) is 7.72. The van der Waals surface area contributed by atoms with E-state index in [1.165, 1.54) is 4.31 Å². The maximum Gasteiger partial charge on any atom is 0.341 e. The quantitative estimate of drug-likeness (QED) is 0.577. The number of aryl methyl sites for hydroxylation is 3. The molecule has 0 saturated carbocycles. The number of esters is 1. The fourth-order valence-electron chi connectivity index (χ4n) is 4.43. The fourth-order valence-corrected chi connectivity index (χ4v) is 6.31. The second kappa shape index (κ2) is 10.2. The van der Waals surface area contributed by atoms with Gasteiger partial charge in [-0.15, -0.1) is 0 Å². The minimum Gasteiger partial charge on any atom is -0.462 e. The zero-order valence-corrected chi connectivity index (χ0v) is 21.5. The van der Waals surface area contributed by atoms with Crippen LogP contribution in [0.5, 0.6) is 0 Å². The number of nitrogens with zero attached hydrogens (tertiary/aromatic N) is 2. The highest BCUT2D eigenvalue weighted by Gasteiger charge is 2.37. The van der Waals surface area contributed by atoms with Crippen LogP contribution < -0.4 is 10.2 Å². The molecule has 1 fully saturated rings. The van der Waals surface area contributed by atoms with Crippen LogP contribution in [0.2, 0.25) is 0 Å². The molecule has 10 heteroatoms. The maximum atomic E-state index is 13.4. The average molecular weight is 491 g/mol. The first-order valence-corrected chi connectivity index (χ1v) is 12.9. The molecule has 34 heavy (non-hydrogen) atoms. The van der Waals surface area contributed by atoms with Crippen LogP contribution in [-0.2, 0) is 19.6 Å². The van der Waals surface area contributed by atoms with E-state index in [1.807, 2.05) is 44.1 Å². The summed E-state index contributed by atoms with van der Waals surface area (Å²) in [5.41, 5.74) is 3.75.